The molecule has 0 radical (unpaired) electrons. The van der Waals surface area contributed by atoms with Crippen molar-refractivity contribution in [2.75, 3.05) is 6.54 Å². The highest BCUT2D eigenvalue weighted by atomic mass is 35.5. The van der Waals surface area contributed by atoms with Crippen LogP contribution in [0.25, 0.3) is 0 Å². The van der Waals surface area contributed by atoms with Gasteiger partial charge >= 0.3 is 0 Å². The lowest BCUT2D eigenvalue weighted by Gasteiger charge is -2.23. The Morgan fingerprint density at radius 1 is 1.25 bits per heavy atom. The van der Waals surface area contributed by atoms with Gasteiger partial charge in [0, 0.05) is 23.1 Å². The van der Waals surface area contributed by atoms with E-state index in [4.69, 9.17) is 23.2 Å². The summed E-state index contributed by atoms with van der Waals surface area (Å²) in [6, 6.07) is 5.62. The fourth-order valence-electron chi connectivity index (χ4n) is 1.33. The van der Waals surface area contributed by atoms with E-state index in [2.05, 4.69) is 26.1 Å². The van der Waals surface area contributed by atoms with E-state index >= 15 is 0 Å². The molecule has 0 fully saturated rings. The van der Waals surface area contributed by atoms with Crippen molar-refractivity contribution in [1.29, 1.82) is 0 Å². The Morgan fingerprint density at radius 2 is 1.94 bits per heavy atom. The van der Waals surface area contributed by atoms with Gasteiger partial charge in [0.2, 0.25) is 0 Å². The molecule has 0 saturated carbocycles. The first kappa shape index (κ1) is 13.8. The number of hydrogen-bond donors (Lipinski definition) is 1. The lowest BCUT2D eigenvalue weighted by atomic mass is 9.90. The second-order valence-electron chi connectivity index (χ2n) is 4.86. The van der Waals surface area contributed by atoms with Gasteiger partial charge in [0.05, 0.1) is 0 Å². The van der Waals surface area contributed by atoms with Gasteiger partial charge in [0.1, 0.15) is 0 Å². The zero-order chi connectivity index (χ0) is 12.2. The second-order valence-corrected chi connectivity index (χ2v) is 5.70. The van der Waals surface area contributed by atoms with E-state index in [1.807, 2.05) is 12.1 Å². The molecule has 1 N–H and O–H groups in total. The molecule has 0 aliphatic rings. The Labute approximate surface area is 108 Å². The lowest BCUT2D eigenvalue weighted by molar-refractivity contribution is 0.327. The highest BCUT2D eigenvalue weighted by Crippen LogP contribution is 2.22. The molecule has 16 heavy (non-hydrogen) atoms. The number of benzene rings is 1. The summed E-state index contributed by atoms with van der Waals surface area (Å²) < 4.78 is 0. The molecule has 1 rings (SSSR count). The molecule has 90 valence electrons. The van der Waals surface area contributed by atoms with Crippen LogP contribution in [0.3, 0.4) is 0 Å². The highest BCUT2D eigenvalue weighted by molar-refractivity contribution is 6.35. The minimum absolute atomic E-state index is 0.332. The van der Waals surface area contributed by atoms with Crippen molar-refractivity contribution >= 4 is 23.2 Å². The van der Waals surface area contributed by atoms with E-state index in [9.17, 15) is 0 Å². The van der Waals surface area contributed by atoms with Gasteiger partial charge < -0.3 is 5.32 Å². The molecule has 0 aromatic heterocycles. The molecule has 0 bridgehead atoms. The van der Waals surface area contributed by atoms with E-state index < -0.39 is 0 Å². The molecule has 1 aromatic carbocycles. The standard InChI is InChI=1S/C13H19Cl2N/c1-4-13(2,3)9-16-8-10-5-6-11(14)7-12(10)15/h5-7,16H,4,8-9H2,1-3H3. The fraction of sp³-hybridized carbons (Fsp3) is 0.538. The predicted molar refractivity (Wildman–Crippen MR) is 72.2 cm³/mol. The van der Waals surface area contributed by atoms with E-state index in [-0.39, 0.29) is 0 Å². The van der Waals surface area contributed by atoms with E-state index in [0.29, 0.717) is 10.4 Å². The van der Waals surface area contributed by atoms with Gasteiger partial charge in [0.15, 0.2) is 0 Å². The monoisotopic (exact) mass is 259 g/mol. The molecule has 1 aromatic rings. The number of hydrogen-bond acceptors (Lipinski definition) is 1. The molecule has 0 spiro atoms. The lowest BCUT2D eigenvalue weighted by Crippen LogP contribution is -2.28. The van der Waals surface area contributed by atoms with Crippen LogP contribution in [0.5, 0.6) is 0 Å². The molecule has 0 unspecified atom stereocenters. The number of nitrogens with one attached hydrogen (secondary N) is 1. The minimum atomic E-state index is 0.332. The first-order valence-electron chi connectivity index (χ1n) is 5.59. The molecule has 0 aliphatic carbocycles. The van der Waals surface area contributed by atoms with Crippen LogP contribution in [-0.2, 0) is 6.54 Å². The Bertz CT molecular complexity index is 348. The van der Waals surface area contributed by atoms with Crippen LogP contribution in [-0.4, -0.2) is 6.54 Å². The van der Waals surface area contributed by atoms with Crippen molar-refractivity contribution in [2.24, 2.45) is 5.41 Å². The molecule has 0 amide bonds. The van der Waals surface area contributed by atoms with Crippen LogP contribution in [0.1, 0.15) is 32.8 Å². The van der Waals surface area contributed by atoms with E-state index in [0.717, 1.165) is 30.1 Å². The fourth-order valence-corrected chi connectivity index (χ4v) is 1.80. The summed E-state index contributed by atoms with van der Waals surface area (Å²) in [6.07, 6.45) is 1.16. The van der Waals surface area contributed by atoms with Crippen LogP contribution >= 0.6 is 23.2 Å². The largest absolute Gasteiger partial charge is 0.312 e. The molecule has 0 saturated heterocycles. The summed E-state index contributed by atoms with van der Waals surface area (Å²) >= 11 is 11.9. The van der Waals surface area contributed by atoms with Crippen molar-refractivity contribution in [1.82, 2.24) is 5.32 Å². The van der Waals surface area contributed by atoms with Crippen LogP contribution in [0.4, 0.5) is 0 Å². The van der Waals surface area contributed by atoms with Crippen LogP contribution < -0.4 is 5.32 Å². The summed E-state index contributed by atoms with van der Waals surface area (Å²) in [5.74, 6) is 0. The SMILES string of the molecule is CCC(C)(C)CNCc1ccc(Cl)cc1Cl. The molecule has 0 heterocycles. The van der Waals surface area contributed by atoms with Gasteiger partial charge in [-0.05, 0) is 29.5 Å². The average Bonchev–Trinajstić information content (AvgIpc) is 2.21. The maximum atomic E-state index is 6.09. The van der Waals surface area contributed by atoms with E-state index in [1.165, 1.54) is 0 Å². The summed E-state index contributed by atoms with van der Waals surface area (Å²) in [5.41, 5.74) is 1.43. The first-order chi connectivity index (χ1) is 7.44. The van der Waals surface area contributed by atoms with Crippen LogP contribution in [0.15, 0.2) is 18.2 Å². The minimum Gasteiger partial charge on any atom is -0.312 e. The van der Waals surface area contributed by atoms with Gasteiger partial charge in [-0.1, -0.05) is 50.0 Å². The molecular weight excluding hydrogens is 241 g/mol. The molecular formula is C13H19Cl2N. The summed E-state index contributed by atoms with van der Waals surface area (Å²) in [6.45, 7) is 8.49. The van der Waals surface area contributed by atoms with Crippen molar-refractivity contribution < 1.29 is 0 Å². The Hall–Kier alpha value is -0.240. The van der Waals surface area contributed by atoms with Gasteiger partial charge in [-0.2, -0.15) is 0 Å². The van der Waals surface area contributed by atoms with E-state index in [1.54, 1.807) is 6.07 Å². The molecule has 3 heteroatoms. The second kappa shape index (κ2) is 5.90. The Morgan fingerprint density at radius 3 is 2.50 bits per heavy atom. The van der Waals surface area contributed by atoms with Gasteiger partial charge in [-0.3, -0.25) is 0 Å². The quantitative estimate of drug-likeness (QED) is 0.820. The summed E-state index contributed by atoms with van der Waals surface area (Å²) in [7, 11) is 0. The Kier molecular flexibility index (Phi) is 5.10. The topological polar surface area (TPSA) is 12.0 Å². The summed E-state index contributed by atoms with van der Waals surface area (Å²) in [5, 5.41) is 4.84. The van der Waals surface area contributed by atoms with Crippen molar-refractivity contribution in [2.45, 2.75) is 33.7 Å². The van der Waals surface area contributed by atoms with Crippen LogP contribution in [0, 0.1) is 5.41 Å². The third-order valence-electron chi connectivity index (χ3n) is 2.89. The average molecular weight is 260 g/mol. The number of rotatable bonds is 5. The van der Waals surface area contributed by atoms with Crippen molar-refractivity contribution in [3.8, 4) is 0 Å². The van der Waals surface area contributed by atoms with Crippen LogP contribution in [0.2, 0.25) is 10.0 Å². The van der Waals surface area contributed by atoms with Gasteiger partial charge in [-0.25, -0.2) is 0 Å². The summed E-state index contributed by atoms with van der Waals surface area (Å²) in [4.78, 5) is 0. The highest BCUT2D eigenvalue weighted by Gasteiger charge is 2.14. The zero-order valence-electron chi connectivity index (χ0n) is 10.1. The zero-order valence-corrected chi connectivity index (χ0v) is 11.6. The van der Waals surface area contributed by atoms with Crippen molar-refractivity contribution in [3.05, 3.63) is 33.8 Å². The first-order valence-corrected chi connectivity index (χ1v) is 6.35. The normalized spacial score (nSPS) is 11.8. The third-order valence-corrected chi connectivity index (χ3v) is 3.48. The Balaban J connectivity index is 2.49. The maximum Gasteiger partial charge on any atom is 0.0465 e. The maximum absolute atomic E-state index is 6.09. The molecule has 0 aliphatic heterocycles. The smallest absolute Gasteiger partial charge is 0.0465 e. The predicted octanol–water partition coefficient (Wildman–Crippen LogP) is 4.52. The third kappa shape index (κ3) is 4.32. The van der Waals surface area contributed by atoms with Gasteiger partial charge in [0.25, 0.3) is 0 Å². The van der Waals surface area contributed by atoms with Gasteiger partial charge in [-0.15, -0.1) is 0 Å². The molecule has 0 atom stereocenters. The molecule has 1 nitrogen and oxygen atoms in total. The number of halogens is 2. The van der Waals surface area contributed by atoms with Crippen molar-refractivity contribution in [3.63, 3.8) is 0 Å².